The lowest BCUT2D eigenvalue weighted by Gasteiger charge is -2.50. The van der Waals surface area contributed by atoms with Crippen LogP contribution in [-0.4, -0.2) is 28.9 Å². The van der Waals surface area contributed by atoms with Crippen molar-refractivity contribution in [3.8, 4) is 17.2 Å². The Morgan fingerprint density at radius 2 is 1.69 bits per heavy atom. The number of phenols is 2. The van der Waals surface area contributed by atoms with Gasteiger partial charge in [-0.3, -0.25) is 9.59 Å². The van der Waals surface area contributed by atoms with E-state index >= 15 is 0 Å². The van der Waals surface area contributed by atoms with E-state index < -0.39 is 11.2 Å². The number of hydrogen-bond donors (Lipinski definition) is 2. The second kappa shape index (κ2) is 8.25. The molecule has 35 heavy (non-hydrogen) atoms. The third-order valence-electron chi connectivity index (χ3n) is 9.21. The first-order valence-corrected chi connectivity index (χ1v) is 12.6. The van der Waals surface area contributed by atoms with Gasteiger partial charge in [-0.15, -0.1) is 0 Å². The first-order valence-electron chi connectivity index (χ1n) is 12.6. The quantitative estimate of drug-likeness (QED) is 0.396. The average molecular weight is 475 g/mol. The Balaban J connectivity index is 1.82. The summed E-state index contributed by atoms with van der Waals surface area (Å²) in [5, 5.41) is 22.0. The number of benzene rings is 2. The highest BCUT2D eigenvalue weighted by Gasteiger charge is 2.67. The molecule has 5 atom stereocenters. The molecule has 0 saturated heterocycles. The van der Waals surface area contributed by atoms with E-state index in [-0.39, 0.29) is 46.0 Å². The van der Waals surface area contributed by atoms with Crippen molar-refractivity contribution in [3.05, 3.63) is 64.2 Å². The highest BCUT2D eigenvalue weighted by molar-refractivity contribution is 5.95. The van der Waals surface area contributed by atoms with Crippen molar-refractivity contribution in [2.75, 3.05) is 0 Å². The van der Waals surface area contributed by atoms with Crippen molar-refractivity contribution in [3.63, 3.8) is 0 Å². The van der Waals surface area contributed by atoms with Crippen LogP contribution in [0.3, 0.4) is 0 Å². The molecule has 2 N–H and O–H groups in total. The largest absolute Gasteiger partial charge is 0.507 e. The van der Waals surface area contributed by atoms with Gasteiger partial charge < -0.3 is 14.9 Å². The molecular weight excluding hydrogens is 440 g/mol. The minimum absolute atomic E-state index is 0.0641. The maximum Gasteiger partial charge on any atom is 0.157 e. The molecule has 3 aliphatic rings. The summed E-state index contributed by atoms with van der Waals surface area (Å²) in [5.74, 6) is -0.189. The molecule has 1 heterocycles. The van der Waals surface area contributed by atoms with E-state index in [1.54, 1.807) is 0 Å². The van der Waals surface area contributed by atoms with Crippen LogP contribution in [-0.2, 0) is 0 Å². The Morgan fingerprint density at radius 1 is 1.00 bits per heavy atom. The molecule has 0 aromatic heterocycles. The van der Waals surface area contributed by atoms with Crippen LogP contribution in [0.1, 0.15) is 91.1 Å². The molecule has 5 rings (SSSR count). The van der Waals surface area contributed by atoms with Gasteiger partial charge in [0.15, 0.2) is 12.6 Å². The molecule has 0 radical (unpaired) electrons. The Morgan fingerprint density at radius 3 is 2.34 bits per heavy atom. The molecule has 1 saturated carbocycles. The van der Waals surface area contributed by atoms with E-state index in [0.717, 1.165) is 31.2 Å². The minimum Gasteiger partial charge on any atom is -0.507 e. The lowest BCUT2D eigenvalue weighted by molar-refractivity contribution is -0.00817. The number of fused-ring (bicyclic) bond motifs is 4. The SMILES string of the molecule is C/C1=C/CC[C@@]2(C)[C@@H](c3ccccc3)c3c(O)c(C=O)c(O)c(C=O)c3O[C@H]2[C@H]2[C@@H](CC1)C2(C)C. The highest BCUT2D eigenvalue weighted by Crippen LogP contribution is 2.70. The number of ether oxygens (including phenoxy) is 1. The number of allylic oxidation sites excluding steroid dienone is 2. The Kier molecular flexibility index (Phi) is 5.58. The van der Waals surface area contributed by atoms with E-state index in [1.165, 1.54) is 5.57 Å². The lowest BCUT2D eigenvalue weighted by atomic mass is 9.60. The summed E-state index contributed by atoms with van der Waals surface area (Å²) in [5.41, 5.74) is 2.14. The van der Waals surface area contributed by atoms with E-state index in [0.29, 0.717) is 24.1 Å². The summed E-state index contributed by atoms with van der Waals surface area (Å²) in [7, 11) is 0. The van der Waals surface area contributed by atoms with Gasteiger partial charge in [0.25, 0.3) is 0 Å². The van der Waals surface area contributed by atoms with Gasteiger partial charge in [-0.2, -0.15) is 0 Å². The summed E-state index contributed by atoms with van der Waals surface area (Å²) < 4.78 is 6.73. The van der Waals surface area contributed by atoms with Gasteiger partial charge in [-0.25, -0.2) is 0 Å². The van der Waals surface area contributed by atoms with Gasteiger partial charge in [-0.05, 0) is 49.5 Å². The number of hydrogen-bond acceptors (Lipinski definition) is 5. The van der Waals surface area contributed by atoms with Crippen LogP contribution < -0.4 is 4.74 Å². The third kappa shape index (κ3) is 3.42. The average Bonchev–Trinajstić information content (AvgIpc) is 3.38. The van der Waals surface area contributed by atoms with Crippen LogP contribution in [0.5, 0.6) is 17.2 Å². The zero-order valence-electron chi connectivity index (χ0n) is 20.9. The summed E-state index contributed by atoms with van der Waals surface area (Å²) in [6.07, 6.45) is 6.89. The second-order valence-electron chi connectivity index (χ2n) is 11.5. The fourth-order valence-corrected chi connectivity index (χ4v) is 7.15. The van der Waals surface area contributed by atoms with Gasteiger partial charge in [0, 0.05) is 22.8 Å². The van der Waals surface area contributed by atoms with Crippen LogP contribution in [0.25, 0.3) is 0 Å². The standard InChI is InChI=1S/C30H34O5/c1-17-9-8-14-30(4)23(18-10-6-5-7-11-18)22-26(34)19(15-31)25(33)20(16-32)27(22)35-28(30)24-21(13-12-17)29(24,2)3/h5-7,9-11,15-16,21,23-24,28,33-34H,8,12-14H2,1-4H3/b17-9-/t21-,23+,24-,28+,30+/m1/s1. The van der Waals surface area contributed by atoms with Gasteiger partial charge in [-0.1, -0.05) is 62.8 Å². The Labute approximate surface area is 206 Å². The smallest absolute Gasteiger partial charge is 0.157 e. The maximum atomic E-state index is 12.2. The van der Waals surface area contributed by atoms with Crippen molar-refractivity contribution in [2.24, 2.45) is 22.7 Å². The van der Waals surface area contributed by atoms with Gasteiger partial charge in [0.1, 0.15) is 23.4 Å². The van der Waals surface area contributed by atoms with Crippen molar-refractivity contribution in [1.29, 1.82) is 0 Å². The van der Waals surface area contributed by atoms with Gasteiger partial charge in [0.2, 0.25) is 0 Å². The highest BCUT2D eigenvalue weighted by atomic mass is 16.5. The topological polar surface area (TPSA) is 83.8 Å². The van der Waals surface area contributed by atoms with Crippen molar-refractivity contribution in [1.82, 2.24) is 0 Å². The normalized spacial score (nSPS) is 32.5. The molecule has 0 bridgehead atoms. The van der Waals surface area contributed by atoms with Crippen LogP contribution >= 0.6 is 0 Å². The fourth-order valence-electron chi connectivity index (χ4n) is 7.15. The molecule has 184 valence electrons. The number of aldehydes is 2. The zero-order chi connectivity index (χ0) is 25.1. The van der Waals surface area contributed by atoms with Gasteiger partial charge >= 0.3 is 0 Å². The Hall–Kier alpha value is -3.08. The first kappa shape index (κ1) is 23.7. The minimum atomic E-state index is -0.522. The molecule has 5 nitrogen and oxygen atoms in total. The van der Waals surface area contributed by atoms with E-state index in [1.807, 2.05) is 30.3 Å². The van der Waals surface area contributed by atoms with E-state index in [2.05, 4.69) is 33.8 Å². The van der Waals surface area contributed by atoms with Crippen LogP contribution in [0.2, 0.25) is 0 Å². The maximum absolute atomic E-state index is 12.2. The molecule has 1 fully saturated rings. The molecule has 2 aromatic rings. The molecule has 2 aliphatic carbocycles. The van der Waals surface area contributed by atoms with Crippen LogP contribution in [0.4, 0.5) is 0 Å². The van der Waals surface area contributed by atoms with Crippen molar-refractivity contribution in [2.45, 2.75) is 65.4 Å². The second-order valence-corrected chi connectivity index (χ2v) is 11.5. The summed E-state index contributed by atoms with van der Waals surface area (Å²) in [4.78, 5) is 24.1. The molecule has 1 aliphatic heterocycles. The fraction of sp³-hybridized carbons (Fsp3) is 0.467. The van der Waals surface area contributed by atoms with E-state index in [4.69, 9.17) is 4.74 Å². The van der Waals surface area contributed by atoms with Crippen molar-refractivity contribution >= 4 is 12.6 Å². The third-order valence-corrected chi connectivity index (χ3v) is 9.21. The molecule has 0 spiro atoms. The lowest BCUT2D eigenvalue weighted by Crippen LogP contribution is -2.48. The first-order chi connectivity index (χ1) is 16.7. The van der Waals surface area contributed by atoms with Crippen molar-refractivity contribution < 1.29 is 24.5 Å². The van der Waals surface area contributed by atoms with Crippen LogP contribution in [0.15, 0.2) is 42.0 Å². The molecular formula is C30H34O5. The number of rotatable bonds is 3. The predicted molar refractivity (Wildman–Crippen MR) is 134 cm³/mol. The molecule has 0 amide bonds. The molecule has 0 unspecified atom stereocenters. The number of aromatic hydroxyl groups is 2. The summed E-state index contributed by atoms with van der Waals surface area (Å²) >= 11 is 0. The molecule has 2 aromatic carbocycles. The number of carbonyl (C=O) groups excluding carboxylic acids is 2. The van der Waals surface area contributed by atoms with Crippen LogP contribution in [0, 0.1) is 22.7 Å². The summed E-state index contributed by atoms with van der Waals surface area (Å²) in [6, 6.07) is 9.95. The number of phenolic OH excluding ortho intramolecular Hbond substituents is 2. The zero-order valence-corrected chi connectivity index (χ0v) is 20.9. The van der Waals surface area contributed by atoms with E-state index in [9.17, 15) is 19.8 Å². The Bertz CT molecular complexity index is 1210. The predicted octanol–water partition coefficient (Wildman–Crippen LogP) is 6.41. The van der Waals surface area contributed by atoms with Gasteiger partial charge in [0.05, 0.1) is 11.1 Å². The molecule has 5 heteroatoms. The number of carbonyl (C=O) groups is 2. The summed E-state index contributed by atoms with van der Waals surface area (Å²) in [6.45, 7) is 9.01. The monoisotopic (exact) mass is 474 g/mol.